The number of benzene rings is 1. The van der Waals surface area contributed by atoms with Crippen LogP contribution in [0.3, 0.4) is 0 Å². The van der Waals surface area contributed by atoms with E-state index in [0.29, 0.717) is 38.3 Å². The molecule has 0 unspecified atom stereocenters. The van der Waals surface area contributed by atoms with Crippen LogP contribution in [0.4, 0.5) is 0 Å². The molecule has 10 heteroatoms. The summed E-state index contributed by atoms with van der Waals surface area (Å²) in [6, 6.07) is 13.5. The lowest BCUT2D eigenvalue weighted by molar-refractivity contribution is 0.0595. The van der Waals surface area contributed by atoms with Crippen molar-refractivity contribution in [3.05, 3.63) is 83.5 Å². The number of thiazole rings is 1. The average molecular weight is 498 g/mol. The Hall–Kier alpha value is -3.21. The van der Waals surface area contributed by atoms with Crippen LogP contribution in [0.1, 0.15) is 21.8 Å². The largest absolute Gasteiger partial charge is 0.462 e. The normalized spacial score (nSPS) is 15.0. The molecule has 1 aliphatic heterocycles. The third kappa shape index (κ3) is 4.84. The molecule has 1 fully saturated rings. The summed E-state index contributed by atoms with van der Waals surface area (Å²) in [5, 5.41) is 2.88. The van der Waals surface area contributed by atoms with E-state index in [4.69, 9.17) is 8.83 Å². The van der Waals surface area contributed by atoms with E-state index in [1.54, 1.807) is 58.9 Å². The minimum absolute atomic E-state index is 0.0931. The SMILES string of the molecule is O=C(c1occc1CS(=O)(=O)c1ccccc1)N1CCN(Cc2csc(-c3ccco3)n2)CC1. The first-order chi connectivity index (χ1) is 16.5. The zero-order valence-electron chi connectivity index (χ0n) is 18.3. The van der Waals surface area contributed by atoms with Gasteiger partial charge < -0.3 is 13.7 Å². The highest BCUT2D eigenvalue weighted by molar-refractivity contribution is 7.90. The zero-order chi connectivity index (χ0) is 23.5. The summed E-state index contributed by atoms with van der Waals surface area (Å²) >= 11 is 1.55. The molecule has 0 atom stereocenters. The van der Waals surface area contributed by atoms with Crippen LogP contribution >= 0.6 is 11.3 Å². The Morgan fingerprint density at radius 3 is 2.50 bits per heavy atom. The van der Waals surface area contributed by atoms with Crippen LogP contribution < -0.4 is 0 Å². The molecule has 1 amide bonds. The van der Waals surface area contributed by atoms with E-state index >= 15 is 0 Å². The number of rotatable bonds is 7. The molecule has 176 valence electrons. The predicted molar refractivity (Wildman–Crippen MR) is 127 cm³/mol. The first kappa shape index (κ1) is 22.6. The molecule has 0 N–H and O–H groups in total. The van der Waals surface area contributed by atoms with Gasteiger partial charge in [-0.25, -0.2) is 13.4 Å². The van der Waals surface area contributed by atoms with Crippen LogP contribution in [0.25, 0.3) is 10.8 Å². The fourth-order valence-electron chi connectivity index (χ4n) is 3.93. The van der Waals surface area contributed by atoms with E-state index in [0.717, 1.165) is 16.5 Å². The van der Waals surface area contributed by atoms with Gasteiger partial charge in [-0.1, -0.05) is 18.2 Å². The molecule has 34 heavy (non-hydrogen) atoms. The summed E-state index contributed by atoms with van der Waals surface area (Å²) in [5.41, 5.74) is 1.35. The van der Waals surface area contributed by atoms with Gasteiger partial charge in [0, 0.05) is 43.7 Å². The molecule has 1 aromatic carbocycles. The van der Waals surface area contributed by atoms with Crippen LogP contribution in [-0.2, 0) is 22.1 Å². The third-order valence-electron chi connectivity index (χ3n) is 5.72. The summed E-state index contributed by atoms with van der Waals surface area (Å²) in [7, 11) is -3.58. The van der Waals surface area contributed by atoms with Gasteiger partial charge in [-0.15, -0.1) is 11.3 Å². The number of amides is 1. The molecule has 4 heterocycles. The predicted octanol–water partition coefficient (Wildman–Crippen LogP) is 3.93. The minimum atomic E-state index is -3.58. The van der Waals surface area contributed by atoms with E-state index < -0.39 is 9.84 Å². The minimum Gasteiger partial charge on any atom is -0.462 e. The second-order valence-electron chi connectivity index (χ2n) is 8.04. The number of nitrogens with zero attached hydrogens (tertiary/aromatic N) is 3. The third-order valence-corrected chi connectivity index (χ3v) is 8.30. The molecule has 3 aromatic heterocycles. The van der Waals surface area contributed by atoms with Gasteiger partial charge in [-0.05, 0) is 30.3 Å². The van der Waals surface area contributed by atoms with Crippen molar-refractivity contribution >= 4 is 27.1 Å². The molecule has 5 rings (SSSR count). The Morgan fingerprint density at radius 1 is 0.971 bits per heavy atom. The lowest BCUT2D eigenvalue weighted by Gasteiger charge is -2.34. The van der Waals surface area contributed by atoms with Crippen molar-refractivity contribution in [2.45, 2.75) is 17.2 Å². The van der Waals surface area contributed by atoms with Crippen molar-refractivity contribution in [3.63, 3.8) is 0 Å². The van der Waals surface area contributed by atoms with Gasteiger partial charge in [0.1, 0.15) is 0 Å². The van der Waals surface area contributed by atoms with Crippen LogP contribution in [0.2, 0.25) is 0 Å². The first-order valence-corrected chi connectivity index (χ1v) is 13.4. The molecular formula is C24H23N3O5S2. The summed E-state index contributed by atoms with van der Waals surface area (Å²) < 4.78 is 36.4. The van der Waals surface area contributed by atoms with Crippen LogP contribution in [0.15, 0.2) is 80.2 Å². The molecule has 8 nitrogen and oxygen atoms in total. The number of sulfone groups is 1. The topological polar surface area (TPSA) is 96.9 Å². The zero-order valence-corrected chi connectivity index (χ0v) is 19.9. The number of piperazine rings is 1. The van der Waals surface area contributed by atoms with E-state index in [-0.39, 0.29) is 22.3 Å². The highest BCUT2D eigenvalue weighted by Crippen LogP contribution is 2.25. The summed E-state index contributed by atoms with van der Waals surface area (Å²) in [4.78, 5) is 21.9. The van der Waals surface area contributed by atoms with Crippen LogP contribution in [0.5, 0.6) is 0 Å². The second kappa shape index (κ2) is 9.57. The summed E-state index contributed by atoms with van der Waals surface area (Å²) in [6.45, 7) is 3.13. The monoisotopic (exact) mass is 497 g/mol. The fourth-order valence-corrected chi connectivity index (χ4v) is 6.08. The maximum Gasteiger partial charge on any atom is 0.289 e. The Balaban J connectivity index is 1.19. The van der Waals surface area contributed by atoms with Gasteiger partial charge in [0.05, 0.1) is 28.9 Å². The Kier molecular flexibility index (Phi) is 6.36. The van der Waals surface area contributed by atoms with Crippen molar-refractivity contribution in [1.29, 1.82) is 0 Å². The standard InChI is InChI=1S/C24H23N3O5S2/c28-24(22-18(8-14-32-22)17-34(29,30)20-5-2-1-3-6-20)27-11-9-26(10-12-27)15-19-16-33-23(25-19)21-7-4-13-31-21/h1-8,13-14,16H,9-12,15,17H2. The number of furan rings is 2. The van der Waals surface area contributed by atoms with Crippen LogP contribution in [-0.4, -0.2) is 55.3 Å². The Labute approximate surface area is 201 Å². The average Bonchev–Trinajstić information content (AvgIpc) is 3.62. The molecule has 0 spiro atoms. The van der Waals surface area contributed by atoms with Crippen LogP contribution in [0, 0.1) is 0 Å². The number of aromatic nitrogens is 1. The highest BCUT2D eigenvalue weighted by Gasteiger charge is 2.28. The van der Waals surface area contributed by atoms with Gasteiger partial charge in [0.15, 0.2) is 26.4 Å². The van der Waals surface area contributed by atoms with E-state index in [2.05, 4.69) is 9.88 Å². The van der Waals surface area contributed by atoms with E-state index in [9.17, 15) is 13.2 Å². The van der Waals surface area contributed by atoms with Gasteiger partial charge in [-0.2, -0.15) is 0 Å². The first-order valence-electron chi connectivity index (χ1n) is 10.8. The number of carbonyl (C=O) groups excluding carboxylic acids is 1. The molecule has 1 saturated heterocycles. The number of carbonyl (C=O) groups is 1. The summed E-state index contributed by atoms with van der Waals surface area (Å²) in [6.07, 6.45) is 3.01. The fraction of sp³-hybridized carbons (Fsp3) is 0.250. The van der Waals surface area contributed by atoms with Gasteiger partial charge in [0.25, 0.3) is 5.91 Å². The van der Waals surface area contributed by atoms with E-state index in [1.807, 2.05) is 17.5 Å². The van der Waals surface area contributed by atoms with E-state index in [1.165, 1.54) is 6.26 Å². The van der Waals surface area contributed by atoms with Crippen molar-refractivity contribution in [2.75, 3.05) is 26.2 Å². The Bertz CT molecular complexity index is 1350. The van der Waals surface area contributed by atoms with Crippen molar-refractivity contribution in [2.24, 2.45) is 0 Å². The lowest BCUT2D eigenvalue weighted by Crippen LogP contribution is -2.48. The summed E-state index contributed by atoms with van der Waals surface area (Å²) in [5.74, 6) is 0.290. The molecule has 0 aliphatic carbocycles. The molecular weight excluding hydrogens is 474 g/mol. The molecule has 0 saturated carbocycles. The molecule has 4 aromatic rings. The van der Waals surface area contributed by atoms with Crippen molar-refractivity contribution < 1.29 is 22.0 Å². The Morgan fingerprint density at radius 2 is 1.76 bits per heavy atom. The lowest BCUT2D eigenvalue weighted by atomic mass is 10.2. The van der Waals surface area contributed by atoms with Crippen molar-refractivity contribution in [1.82, 2.24) is 14.8 Å². The van der Waals surface area contributed by atoms with Crippen molar-refractivity contribution in [3.8, 4) is 10.8 Å². The highest BCUT2D eigenvalue weighted by atomic mass is 32.2. The quantitative estimate of drug-likeness (QED) is 0.382. The van der Waals surface area contributed by atoms with Gasteiger partial charge in [0.2, 0.25) is 0 Å². The molecule has 1 aliphatic rings. The second-order valence-corrected chi connectivity index (χ2v) is 10.9. The molecule has 0 radical (unpaired) electrons. The molecule has 0 bridgehead atoms. The maximum absolute atomic E-state index is 13.1. The van der Waals surface area contributed by atoms with Gasteiger partial charge in [-0.3, -0.25) is 9.69 Å². The number of hydrogen-bond acceptors (Lipinski definition) is 8. The van der Waals surface area contributed by atoms with Gasteiger partial charge >= 0.3 is 0 Å². The number of hydrogen-bond donors (Lipinski definition) is 0. The smallest absolute Gasteiger partial charge is 0.289 e. The maximum atomic E-state index is 13.1.